The summed E-state index contributed by atoms with van der Waals surface area (Å²) in [5, 5.41) is 4.74. The summed E-state index contributed by atoms with van der Waals surface area (Å²) in [6.07, 6.45) is 12.6. The monoisotopic (exact) mass is 657 g/mol. The molecule has 2 fully saturated rings. The highest BCUT2D eigenvalue weighted by Crippen LogP contribution is 2.49. The molecule has 5 rings (SSSR count). The lowest BCUT2D eigenvalue weighted by molar-refractivity contribution is -0.132. The molecule has 0 aliphatic heterocycles. The Morgan fingerprint density at radius 3 is 2.27 bits per heavy atom. The first kappa shape index (κ1) is 36.0. The van der Waals surface area contributed by atoms with Crippen LogP contribution in [0.3, 0.4) is 0 Å². The topological polar surface area (TPSA) is 72.8 Å². The Morgan fingerprint density at radius 1 is 0.896 bits per heavy atom. The summed E-state index contributed by atoms with van der Waals surface area (Å²) in [4.78, 5) is 28.4. The number of carbonyl (C=O) groups excluding carboxylic acids is 2. The zero-order chi connectivity index (χ0) is 34.5. The Hall–Kier alpha value is -3.32. The quantitative estimate of drug-likeness (QED) is 0.155. The molecule has 2 aliphatic rings. The van der Waals surface area contributed by atoms with Crippen LogP contribution in [-0.4, -0.2) is 59.2 Å². The van der Waals surface area contributed by atoms with Crippen LogP contribution in [0.1, 0.15) is 140 Å². The molecule has 0 atom stereocenters. The highest BCUT2D eigenvalue weighted by atomic mass is 16.6. The van der Waals surface area contributed by atoms with Crippen molar-refractivity contribution in [2.24, 2.45) is 0 Å². The predicted molar refractivity (Wildman–Crippen MR) is 196 cm³/mol. The number of nitrogens with one attached hydrogen (secondary N) is 1. The van der Waals surface area contributed by atoms with Crippen molar-refractivity contribution < 1.29 is 19.1 Å². The molecule has 2 aromatic carbocycles. The largest absolute Gasteiger partial charge is 0.483 e. The minimum absolute atomic E-state index is 0.00103. The van der Waals surface area contributed by atoms with Gasteiger partial charge in [-0.15, -0.1) is 0 Å². The number of rotatable bonds is 12. The SMILES string of the molecule is CN(CCCCNC(C)(C)C)C(=O)COc1ccccc1-c1c(C2CCCCC2)c2ccc(C(=O)OC(C)(C)C)cc2n1C1CCCC1. The summed E-state index contributed by atoms with van der Waals surface area (Å²) in [5.41, 5.74) is 4.83. The second-order valence-electron chi connectivity index (χ2n) is 16.1. The molecule has 48 heavy (non-hydrogen) atoms. The van der Waals surface area contributed by atoms with Crippen LogP contribution in [0.15, 0.2) is 42.5 Å². The van der Waals surface area contributed by atoms with E-state index in [4.69, 9.17) is 9.47 Å². The maximum atomic E-state index is 13.3. The van der Waals surface area contributed by atoms with Gasteiger partial charge in [0, 0.05) is 41.6 Å². The van der Waals surface area contributed by atoms with Crippen molar-refractivity contribution in [3.05, 3.63) is 53.6 Å². The number of benzene rings is 2. The van der Waals surface area contributed by atoms with Crippen LogP contribution in [0, 0.1) is 0 Å². The summed E-state index contributed by atoms with van der Waals surface area (Å²) >= 11 is 0. The van der Waals surface area contributed by atoms with Gasteiger partial charge >= 0.3 is 5.97 Å². The van der Waals surface area contributed by atoms with E-state index in [0.29, 0.717) is 24.1 Å². The lowest BCUT2D eigenvalue weighted by Crippen LogP contribution is -2.37. The molecule has 1 aromatic heterocycles. The van der Waals surface area contributed by atoms with Crippen molar-refractivity contribution in [2.75, 3.05) is 26.7 Å². The van der Waals surface area contributed by atoms with E-state index >= 15 is 0 Å². The summed E-state index contributed by atoms with van der Waals surface area (Å²) in [5.74, 6) is 0.862. The van der Waals surface area contributed by atoms with Crippen LogP contribution in [0.25, 0.3) is 22.2 Å². The second-order valence-corrected chi connectivity index (χ2v) is 16.1. The predicted octanol–water partition coefficient (Wildman–Crippen LogP) is 9.43. The number of ether oxygens (including phenoxy) is 2. The number of likely N-dealkylation sites (N-methyl/N-ethyl adjacent to an activating group) is 1. The molecule has 7 nitrogen and oxygen atoms in total. The van der Waals surface area contributed by atoms with Gasteiger partial charge in [0.05, 0.1) is 11.3 Å². The highest BCUT2D eigenvalue weighted by molar-refractivity contribution is 5.99. The Labute approximate surface area is 288 Å². The summed E-state index contributed by atoms with van der Waals surface area (Å²) in [6.45, 7) is 13.9. The Balaban J connectivity index is 1.49. The minimum atomic E-state index is -0.566. The molecule has 3 aromatic rings. The van der Waals surface area contributed by atoms with Gasteiger partial charge in [0.2, 0.25) is 0 Å². The zero-order valence-corrected chi connectivity index (χ0v) is 30.6. The summed E-state index contributed by atoms with van der Waals surface area (Å²) in [7, 11) is 1.87. The molecule has 1 N–H and O–H groups in total. The number of fused-ring (bicyclic) bond motifs is 1. The van der Waals surface area contributed by atoms with Crippen LogP contribution in [-0.2, 0) is 9.53 Å². The Bertz CT molecular complexity index is 1550. The number of nitrogens with zero attached hydrogens (tertiary/aromatic N) is 2. The van der Waals surface area contributed by atoms with Gasteiger partial charge in [-0.1, -0.05) is 50.3 Å². The average molecular weight is 658 g/mol. The molecule has 1 amide bonds. The molecule has 0 radical (unpaired) electrons. The third-order valence-electron chi connectivity index (χ3n) is 9.88. The number of hydrogen-bond acceptors (Lipinski definition) is 5. The Morgan fingerprint density at radius 2 is 1.58 bits per heavy atom. The molecule has 262 valence electrons. The second kappa shape index (κ2) is 15.5. The van der Waals surface area contributed by atoms with Gasteiger partial charge in [-0.25, -0.2) is 4.79 Å². The van der Waals surface area contributed by atoms with Crippen molar-refractivity contribution in [1.82, 2.24) is 14.8 Å². The fourth-order valence-corrected chi connectivity index (χ4v) is 7.52. The first-order chi connectivity index (χ1) is 22.8. The van der Waals surface area contributed by atoms with Gasteiger partial charge < -0.3 is 24.3 Å². The summed E-state index contributed by atoms with van der Waals surface area (Å²) in [6, 6.07) is 14.8. The van der Waals surface area contributed by atoms with Gasteiger partial charge in [-0.3, -0.25) is 4.79 Å². The van der Waals surface area contributed by atoms with Crippen molar-refractivity contribution in [2.45, 2.75) is 135 Å². The number of para-hydroxylation sites is 1. The van der Waals surface area contributed by atoms with Crippen LogP contribution < -0.4 is 10.1 Å². The van der Waals surface area contributed by atoms with Gasteiger partial charge in [0.1, 0.15) is 11.4 Å². The molecule has 0 saturated heterocycles. The molecule has 1 heterocycles. The maximum absolute atomic E-state index is 13.3. The molecule has 0 spiro atoms. The van der Waals surface area contributed by atoms with Gasteiger partial charge in [-0.05, 0) is 122 Å². The normalized spacial score (nSPS) is 16.4. The highest BCUT2D eigenvalue weighted by Gasteiger charge is 2.32. The lowest BCUT2D eigenvalue weighted by Gasteiger charge is -2.26. The smallest absolute Gasteiger partial charge is 0.338 e. The van der Waals surface area contributed by atoms with Crippen molar-refractivity contribution in [3.63, 3.8) is 0 Å². The number of carbonyl (C=O) groups is 2. The number of esters is 1. The molecule has 7 heteroatoms. The van der Waals surface area contributed by atoms with Gasteiger partial charge in [0.15, 0.2) is 6.61 Å². The maximum Gasteiger partial charge on any atom is 0.338 e. The number of amides is 1. The van der Waals surface area contributed by atoms with E-state index in [-0.39, 0.29) is 24.0 Å². The van der Waals surface area contributed by atoms with Crippen molar-refractivity contribution >= 4 is 22.8 Å². The standard InChI is InChI=1S/C41H59N3O4/c1-40(2,3)42-25-15-16-26-43(7)36(45)28-47-35-22-14-13-21-33(35)38-37(29-17-9-8-10-18-29)32-24-23-30(39(46)48-41(4,5)6)27-34(32)44(38)31-19-11-12-20-31/h13-14,21-24,27,29,31,42H,8-12,15-20,25-26,28H2,1-7H3. The fraction of sp³-hybridized carbons (Fsp3) is 0.610. The Kier molecular flexibility index (Phi) is 11.6. The first-order valence-corrected chi connectivity index (χ1v) is 18.4. The van der Waals surface area contributed by atoms with Crippen molar-refractivity contribution in [1.29, 1.82) is 0 Å². The zero-order valence-electron chi connectivity index (χ0n) is 30.6. The van der Waals surface area contributed by atoms with Crippen LogP contribution in [0.5, 0.6) is 5.75 Å². The number of unbranched alkanes of at least 4 members (excludes halogenated alkanes) is 1. The van der Waals surface area contributed by atoms with E-state index in [2.05, 4.69) is 54.9 Å². The lowest BCUT2D eigenvalue weighted by atomic mass is 9.81. The van der Waals surface area contributed by atoms with E-state index in [1.807, 2.05) is 46.0 Å². The van der Waals surface area contributed by atoms with Gasteiger partial charge in [0.25, 0.3) is 5.91 Å². The third-order valence-corrected chi connectivity index (χ3v) is 9.88. The van der Waals surface area contributed by atoms with E-state index in [9.17, 15) is 9.59 Å². The first-order valence-electron chi connectivity index (χ1n) is 18.4. The number of hydrogen-bond donors (Lipinski definition) is 1. The average Bonchev–Trinajstić information content (AvgIpc) is 3.68. The van der Waals surface area contributed by atoms with Crippen LogP contribution in [0.2, 0.25) is 0 Å². The van der Waals surface area contributed by atoms with E-state index in [0.717, 1.165) is 61.9 Å². The van der Waals surface area contributed by atoms with Crippen LogP contribution >= 0.6 is 0 Å². The van der Waals surface area contributed by atoms with Gasteiger partial charge in [-0.2, -0.15) is 0 Å². The van der Waals surface area contributed by atoms with Crippen molar-refractivity contribution in [3.8, 4) is 17.0 Å². The molecule has 2 saturated carbocycles. The van der Waals surface area contributed by atoms with E-state index in [1.54, 1.807) is 4.90 Å². The summed E-state index contributed by atoms with van der Waals surface area (Å²) < 4.78 is 14.8. The van der Waals surface area contributed by atoms with E-state index in [1.165, 1.54) is 48.7 Å². The number of aromatic nitrogens is 1. The minimum Gasteiger partial charge on any atom is -0.483 e. The molecule has 0 unspecified atom stereocenters. The fourth-order valence-electron chi connectivity index (χ4n) is 7.52. The third kappa shape index (κ3) is 9.02. The molecular formula is C41H59N3O4. The van der Waals surface area contributed by atoms with Crippen LogP contribution in [0.4, 0.5) is 0 Å². The molecular weight excluding hydrogens is 598 g/mol. The molecule has 0 bridgehead atoms. The molecule has 2 aliphatic carbocycles. The van der Waals surface area contributed by atoms with E-state index < -0.39 is 5.60 Å².